The number of nitro groups is 1. The molecule has 0 radical (unpaired) electrons. The van der Waals surface area contributed by atoms with Gasteiger partial charge in [0.05, 0.1) is 11.0 Å². The van der Waals surface area contributed by atoms with Crippen LogP contribution in [0.5, 0.6) is 0 Å². The summed E-state index contributed by atoms with van der Waals surface area (Å²) in [5.41, 5.74) is 6.43. The van der Waals surface area contributed by atoms with E-state index in [2.05, 4.69) is 0 Å². The fraction of sp³-hybridized carbons (Fsp3) is 0.278. The molecule has 0 aromatic heterocycles. The molecule has 1 amide bonds. The van der Waals surface area contributed by atoms with Crippen molar-refractivity contribution in [3.05, 3.63) is 69.8 Å². The Hall–Kier alpha value is -2.93. The average molecular weight is 343 g/mol. The Kier molecular flexibility index (Phi) is 6.08. The number of primary amides is 1. The second-order valence-corrected chi connectivity index (χ2v) is 5.74. The highest BCUT2D eigenvalue weighted by Gasteiger charge is 2.20. The molecule has 25 heavy (non-hydrogen) atoms. The van der Waals surface area contributed by atoms with Gasteiger partial charge in [-0.05, 0) is 30.7 Å². The minimum absolute atomic E-state index is 0.0929. The summed E-state index contributed by atoms with van der Waals surface area (Å²) in [7, 11) is 0. The second-order valence-electron chi connectivity index (χ2n) is 5.74. The number of hydrogen-bond acceptors (Lipinski definition) is 5. The molecule has 0 bridgehead atoms. The Morgan fingerprint density at radius 3 is 2.52 bits per heavy atom. The van der Waals surface area contributed by atoms with Crippen LogP contribution in [0.25, 0.3) is 0 Å². The van der Waals surface area contributed by atoms with Crippen molar-refractivity contribution >= 4 is 17.3 Å². The SMILES string of the molecule is CCC(O)CN(Cc1ccc(C(N)=O)cc1[N+](=O)[O-])c1ccccc1. The van der Waals surface area contributed by atoms with Crippen molar-refractivity contribution in [3.8, 4) is 0 Å². The van der Waals surface area contributed by atoms with E-state index in [1.165, 1.54) is 18.2 Å². The number of carbonyl (C=O) groups excluding carboxylic acids is 1. The molecule has 3 N–H and O–H groups in total. The number of aliphatic hydroxyl groups excluding tert-OH is 1. The van der Waals surface area contributed by atoms with Crippen LogP contribution in [0, 0.1) is 10.1 Å². The van der Waals surface area contributed by atoms with E-state index in [-0.39, 0.29) is 17.8 Å². The first-order valence-corrected chi connectivity index (χ1v) is 7.97. The molecular weight excluding hydrogens is 322 g/mol. The lowest BCUT2D eigenvalue weighted by atomic mass is 10.1. The van der Waals surface area contributed by atoms with Gasteiger partial charge in [-0.25, -0.2) is 0 Å². The Balaban J connectivity index is 2.37. The van der Waals surface area contributed by atoms with E-state index < -0.39 is 16.9 Å². The zero-order valence-corrected chi connectivity index (χ0v) is 14.0. The summed E-state index contributed by atoms with van der Waals surface area (Å²) in [5.74, 6) is -0.712. The van der Waals surface area contributed by atoms with Crippen molar-refractivity contribution in [2.45, 2.75) is 26.0 Å². The zero-order valence-electron chi connectivity index (χ0n) is 14.0. The van der Waals surface area contributed by atoms with Crippen LogP contribution in [-0.2, 0) is 6.54 Å². The first kappa shape index (κ1) is 18.4. The van der Waals surface area contributed by atoms with E-state index in [9.17, 15) is 20.0 Å². The fourth-order valence-electron chi connectivity index (χ4n) is 2.51. The van der Waals surface area contributed by atoms with E-state index in [4.69, 9.17) is 5.73 Å². The standard InChI is InChI=1S/C18H21N3O4/c1-2-16(22)12-20(15-6-4-3-5-7-15)11-14-9-8-13(18(19)23)10-17(14)21(24)25/h3-10,16,22H,2,11-12H2,1H3,(H2,19,23). The number of anilines is 1. The van der Waals surface area contributed by atoms with Gasteiger partial charge in [-0.1, -0.05) is 25.1 Å². The Labute approximate surface area is 145 Å². The lowest BCUT2D eigenvalue weighted by Gasteiger charge is -2.27. The van der Waals surface area contributed by atoms with Gasteiger partial charge in [0.15, 0.2) is 0 Å². The van der Waals surface area contributed by atoms with Crippen LogP contribution in [0.3, 0.4) is 0 Å². The van der Waals surface area contributed by atoms with Crippen LogP contribution in [-0.4, -0.2) is 28.6 Å². The third kappa shape index (κ3) is 4.77. The van der Waals surface area contributed by atoms with Crippen LogP contribution in [0.4, 0.5) is 11.4 Å². The van der Waals surface area contributed by atoms with Crippen LogP contribution >= 0.6 is 0 Å². The van der Waals surface area contributed by atoms with E-state index in [1.54, 1.807) is 0 Å². The number of rotatable bonds is 8. The molecule has 0 aliphatic heterocycles. The van der Waals surface area contributed by atoms with Gasteiger partial charge < -0.3 is 15.7 Å². The zero-order chi connectivity index (χ0) is 18.4. The van der Waals surface area contributed by atoms with Gasteiger partial charge in [0.25, 0.3) is 5.69 Å². The number of benzene rings is 2. The van der Waals surface area contributed by atoms with Crippen LogP contribution in [0.15, 0.2) is 48.5 Å². The predicted octanol–water partition coefficient (Wildman–Crippen LogP) is 2.47. The number of nitrogens with two attached hydrogens (primary N) is 1. The van der Waals surface area contributed by atoms with Crippen molar-refractivity contribution in [2.24, 2.45) is 5.73 Å². The molecule has 132 valence electrons. The summed E-state index contributed by atoms with van der Waals surface area (Å²) in [4.78, 5) is 24.0. The second kappa shape index (κ2) is 8.25. The van der Waals surface area contributed by atoms with Crippen molar-refractivity contribution in [1.82, 2.24) is 0 Å². The van der Waals surface area contributed by atoms with Crippen molar-refractivity contribution < 1.29 is 14.8 Å². The van der Waals surface area contributed by atoms with Gasteiger partial charge in [0, 0.05) is 36.0 Å². The molecule has 0 aliphatic rings. The number of nitro benzene ring substituents is 1. The van der Waals surface area contributed by atoms with Crippen LogP contribution in [0.1, 0.15) is 29.3 Å². The molecular formula is C18H21N3O4. The summed E-state index contributed by atoms with van der Waals surface area (Å²) in [5, 5.41) is 21.4. The lowest BCUT2D eigenvalue weighted by Crippen LogP contribution is -2.32. The summed E-state index contributed by atoms with van der Waals surface area (Å²) < 4.78 is 0. The van der Waals surface area contributed by atoms with Crippen molar-refractivity contribution in [1.29, 1.82) is 0 Å². The quantitative estimate of drug-likeness (QED) is 0.565. The molecule has 0 fully saturated rings. The fourth-order valence-corrected chi connectivity index (χ4v) is 2.51. The minimum Gasteiger partial charge on any atom is -0.391 e. The normalized spacial score (nSPS) is 11.8. The highest BCUT2D eigenvalue weighted by molar-refractivity contribution is 5.93. The molecule has 0 heterocycles. The monoisotopic (exact) mass is 343 g/mol. The first-order valence-electron chi connectivity index (χ1n) is 7.97. The molecule has 0 saturated heterocycles. The third-order valence-corrected chi connectivity index (χ3v) is 3.95. The van der Waals surface area contributed by atoms with Gasteiger partial charge in [-0.3, -0.25) is 14.9 Å². The Morgan fingerprint density at radius 2 is 1.96 bits per heavy atom. The number of hydrogen-bond donors (Lipinski definition) is 2. The Bertz CT molecular complexity index is 749. The Morgan fingerprint density at radius 1 is 1.28 bits per heavy atom. The molecule has 7 nitrogen and oxygen atoms in total. The summed E-state index contributed by atoms with van der Waals surface area (Å²) in [6.07, 6.45) is 0.0237. The lowest BCUT2D eigenvalue weighted by molar-refractivity contribution is -0.385. The maximum Gasteiger partial charge on any atom is 0.275 e. The molecule has 1 unspecified atom stereocenters. The van der Waals surface area contributed by atoms with Crippen molar-refractivity contribution in [2.75, 3.05) is 11.4 Å². The topological polar surface area (TPSA) is 110 Å². The predicted molar refractivity (Wildman–Crippen MR) is 95.4 cm³/mol. The maximum atomic E-state index is 11.4. The molecule has 0 saturated carbocycles. The number of nitrogens with zero attached hydrogens (tertiary/aromatic N) is 2. The molecule has 0 aliphatic carbocycles. The molecule has 1 atom stereocenters. The van der Waals surface area contributed by atoms with Gasteiger partial charge in [0.2, 0.25) is 5.91 Å². The van der Waals surface area contributed by atoms with E-state index in [1.807, 2.05) is 42.2 Å². The molecule has 0 spiro atoms. The smallest absolute Gasteiger partial charge is 0.275 e. The first-order chi connectivity index (χ1) is 11.9. The summed E-state index contributed by atoms with van der Waals surface area (Å²) in [6.45, 7) is 2.45. The van der Waals surface area contributed by atoms with E-state index in [0.717, 1.165) is 5.69 Å². The summed E-state index contributed by atoms with van der Waals surface area (Å²) >= 11 is 0. The van der Waals surface area contributed by atoms with E-state index in [0.29, 0.717) is 18.5 Å². The number of para-hydroxylation sites is 1. The van der Waals surface area contributed by atoms with Crippen molar-refractivity contribution in [3.63, 3.8) is 0 Å². The van der Waals surface area contributed by atoms with Crippen LogP contribution in [0.2, 0.25) is 0 Å². The highest BCUT2D eigenvalue weighted by Crippen LogP contribution is 2.25. The van der Waals surface area contributed by atoms with Gasteiger partial charge in [0.1, 0.15) is 0 Å². The molecule has 2 aromatic carbocycles. The third-order valence-electron chi connectivity index (χ3n) is 3.95. The maximum absolute atomic E-state index is 11.4. The van der Waals surface area contributed by atoms with E-state index >= 15 is 0 Å². The molecule has 2 rings (SSSR count). The van der Waals surface area contributed by atoms with Crippen LogP contribution < -0.4 is 10.6 Å². The van der Waals surface area contributed by atoms with Gasteiger partial charge >= 0.3 is 0 Å². The number of amides is 1. The highest BCUT2D eigenvalue weighted by atomic mass is 16.6. The summed E-state index contributed by atoms with van der Waals surface area (Å²) in [6, 6.07) is 13.6. The molecule has 2 aromatic rings. The number of aliphatic hydroxyl groups is 1. The van der Waals surface area contributed by atoms with Gasteiger partial charge in [-0.2, -0.15) is 0 Å². The van der Waals surface area contributed by atoms with Gasteiger partial charge in [-0.15, -0.1) is 0 Å². The molecule has 7 heteroatoms. The minimum atomic E-state index is -0.712. The number of carbonyl (C=O) groups is 1. The largest absolute Gasteiger partial charge is 0.391 e. The average Bonchev–Trinajstić information content (AvgIpc) is 2.61.